The zero-order chi connectivity index (χ0) is 16.0. The van der Waals surface area contributed by atoms with E-state index in [2.05, 4.69) is 20.7 Å². The predicted octanol–water partition coefficient (Wildman–Crippen LogP) is 2.64. The van der Waals surface area contributed by atoms with E-state index in [4.69, 9.17) is 4.74 Å². The van der Waals surface area contributed by atoms with Gasteiger partial charge >= 0.3 is 11.9 Å². The van der Waals surface area contributed by atoms with Crippen molar-refractivity contribution in [2.75, 3.05) is 13.7 Å². The zero-order valence-corrected chi connectivity index (χ0v) is 13.1. The van der Waals surface area contributed by atoms with Crippen LogP contribution in [0, 0.1) is 10.1 Å². The van der Waals surface area contributed by atoms with Gasteiger partial charge in [-0.2, -0.15) is 0 Å². The number of methoxy groups -OCH3 is 1. The third-order valence-electron chi connectivity index (χ3n) is 2.65. The van der Waals surface area contributed by atoms with Crippen LogP contribution in [0.2, 0.25) is 0 Å². The van der Waals surface area contributed by atoms with Crippen LogP contribution in [0.1, 0.15) is 29.3 Å². The first-order valence-corrected chi connectivity index (χ1v) is 6.90. The highest BCUT2D eigenvalue weighted by molar-refractivity contribution is 9.10. The number of aryl methyl sites for hydroxylation is 1. The Balaban J connectivity index is 3.13. The maximum absolute atomic E-state index is 11.5. The smallest absolute Gasteiger partial charge is 0.337 e. The molecule has 0 saturated carbocycles. The summed E-state index contributed by atoms with van der Waals surface area (Å²) in [4.78, 5) is 33.4. The molecule has 0 amide bonds. The van der Waals surface area contributed by atoms with Gasteiger partial charge in [0.25, 0.3) is 5.69 Å². The van der Waals surface area contributed by atoms with Crippen molar-refractivity contribution in [3.8, 4) is 0 Å². The molecule has 1 rings (SSSR count). The molecule has 0 aliphatic heterocycles. The first kappa shape index (κ1) is 17.1. The Morgan fingerprint density at radius 3 is 2.57 bits per heavy atom. The third-order valence-corrected chi connectivity index (χ3v) is 3.25. The van der Waals surface area contributed by atoms with Crippen molar-refractivity contribution < 1.29 is 24.0 Å². The highest BCUT2D eigenvalue weighted by Crippen LogP contribution is 2.31. The van der Waals surface area contributed by atoms with Crippen LogP contribution in [-0.2, 0) is 20.7 Å². The Bertz CT molecular complexity index is 572. The van der Waals surface area contributed by atoms with E-state index < -0.39 is 16.9 Å². The second kappa shape index (κ2) is 7.72. The minimum absolute atomic E-state index is 0.00819. The van der Waals surface area contributed by atoms with Crippen molar-refractivity contribution in [1.82, 2.24) is 0 Å². The molecule has 0 atom stereocenters. The van der Waals surface area contributed by atoms with Gasteiger partial charge in [0.2, 0.25) is 0 Å². The molecule has 0 heterocycles. The number of carbonyl (C=O) groups is 2. The molecule has 0 bridgehead atoms. The Hall–Kier alpha value is -1.96. The highest BCUT2D eigenvalue weighted by atomic mass is 79.9. The van der Waals surface area contributed by atoms with Gasteiger partial charge in [0.05, 0.1) is 28.7 Å². The van der Waals surface area contributed by atoms with E-state index in [1.54, 1.807) is 6.92 Å². The van der Waals surface area contributed by atoms with E-state index >= 15 is 0 Å². The number of nitrogens with zero attached hydrogens (tertiary/aromatic N) is 1. The molecule has 0 unspecified atom stereocenters. The molecule has 0 N–H and O–H groups in total. The summed E-state index contributed by atoms with van der Waals surface area (Å²) in [6.45, 7) is 1.92. The lowest BCUT2D eigenvalue weighted by Crippen LogP contribution is -2.08. The summed E-state index contributed by atoms with van der Waals surface area (Å²) >= 11 is 3.07. The lowest BCUT2D eigenvalue weighted by Gasteiger charge is -2.07. The lowest BCUT2D eigenvalue weighted by molar-refractivity contribution is -0.386. The van der Waals surface area contributed by atoms with Crippen molar-refractivity contribution in [2.24, 2.45) is 0 Å². The topological polar surface area (TPSA) is 95.7 Å². The number of hydrogen-bond donors (Lipinski definition) is 0. The first-order chi connectivity index (χ1) is 9.90. The number of nitro benzene ring substituents is 1. The minimum Gasteiger partial charge on any atom is -0.466 e. The fourth-order valence-electron chi connectivity index (χ4n) is 1.76. The molecule has 7 nitrogen and oxygen atoms in total. The van der Waals surface area contributed by atoms with Gasteiger partial charge in [-0.05, 0) is 41.4 Å². The van der Waals surface area contributed by atoms with Gasteiger partial charge in [-0.25, -0.2) is 4.79 Å². The molecule has 0 radical (unpaired) electrons. The highest BCUT2D eigenvalue weighted by Gasteiger charge is 2.22. The predicted molar refractivity (Wildman–Crippen MR) is 77.1 cm³/mol. The lowest BCUT2D eigenvalue weighted by atomic mass is 10.0. The van der Waals surface area contributed by atoms with Crippen molar-refractivity contribution in [3.63, 3.8) is 0 Å². The standard InChI is InChI=1S/C13H14BrNO6/c1-3-21-11(16)5-4-8-6-9(13(17)20-2)7-10(14)12(8)15(18)19/h6-7H,3-5H2,1-2H3. The van der Waals surface area contributed by atoms with E-state index in [9.17, 15) is 19.7 Å². The largest absolute Gasteiger partial charge is 0.466 e. The molecule has 0 spiro atoms. The van der Waals surface area contributed by atoms with Gasteiger partial charge < -0.3 is 9.47 Å². The molecular formula is C13H14BrNO6. The van der Waals surface area contributed by atoms with E-state index in [0.29, 0.717) is 0 Å². The zero-order valence-electron chi connectivity index (χ0n) is 11.6. The number of esters is 2. The second-order valence-corrected chi connectivity index (χ2v) is 4.87. The molecule has 0 aromatic heterocycles. The Labute approximate surface area is 129 Å². The number of carbonyl (C=O) groups excluding carboxylic acids is 2. The van der Waals surface area contributed by atoms with Gasteiger partial charge in [0, 0.05) is 12.0 Å². The van der Waals surface area contributed by atoms with Crippen LogP contribution < -0.4 is 0 Å². The number of rotatable bonds is 6. The molecule has 0 aliphatic rings. The molecule has 0 fully saturated rings. The Morgan fingerprint density at radius 1 is 1.38 bits per heavy atom. The average molecular weight is 360 g/mol. The van der Waals surface area contributed by atoms with Crippen LogP contribution in [0.25, 0.3) is 0 Å². The fraction of sp³-hybridized carbons (Fsp3) is 0.385. The molecule has 114 valence electrons. The van der Waals surface area contributed by atoms with Crippen molar-refractivity contribution in [3.05, 3.63) is 37.8 Å². The third kappa shape index (κ3) is 4.52. The monoisotopic (exact) mass is 359 g/mol. The number of ether oxygens (including phenoxy) is 2. The number of nitro groups is 1. The van der Waals surface area contributed by atoms with Crippen LogP contribution in [0.4, 0.5) is 5.69 Å². The summed E-state index contributed by atoms with van der Waals surface area (Å²) < 4.78 is 9.53. The summed E-state index contributed by atoms with van der Waals surface area (Å²) in [5, 5.41) is 11.1. The average Bonchev–Trinajstić information content (AvgIpc) is 2.43. The fourth-order valence-corrected chi connectivity index (χ4v) is 2.40. The summed E-state index contributed by atoms with van der Waals surface area (Å²) in [6, 6.07) is 2.67. The maximum Gasteiger partial charge on any atom is 0.337 e. The van der Waals surface area contributed by atoms with Gasteiger partial charge in [-0.15, -0.1) is 0 Å². The second-order valence-electron chi connectivity index (χ2n) is 4.02. The molecule has 21 heavy (non-hydrogen) atoms. The SMILES string of the molecule is CCOC(=O)CCc1cc(C(=O)OC)cc(Br)c1[N+](=O)[O-]. The van der Waals surface area contributed by atoms with Gasteiger partial charge in [0.1, 0.15) is 0 Å². The van der Waals surface area contributed by atoms with Crippen molar-refractivity contribution >= 4 is 33.6 Å². The van der Waals surface area contributed by atoms with Crippen LogP contribution in [0.5, 0.6) is 0 Å². The molecule has 0 saturated heterocycles. The number of benzene rings is 1. The summed E-state index contributed by atoms with van der Waals surface area (Å²) in [6.07, 6.45) is 0.0876. The quantitative estimate of drug-likeness (QED) is 0.440. The summed E-state index contributed by atoms with van der Waals surface area (Å²) in [5.41, 5.74) is 0.267. The van der Waals surface area contributed by atoms with E-state index in [1.165, 1.54) is 19.2 Å². The van der Waals surface area contributed by atoms with E-state index in [-0.39, 0.29) is 40.7 Å². The van der Waals surface area contributed by atoms with Gasteiger partial charge in [-0.3, -0.25) is 14.9 Å². The molecule has 0 aliphatic carbocycles. The van der Waals surface area contributed by atoms with Gasteiger partial charge in [-0.1, -0.05) is 0 Å². The van der Waals surface area contributed by atoms with E-state index in [0.717, 1.165) is 0 Å². The number of halogens is 1. The first-order valence-electron chi connectivity index (χ1n) is 6.11. The van der Waals surface area contributed by atoms with Crippen LogP contribution in [0.3, 0.4) is 0 Å². The summed E-state index contributed by atoms with van der Waals surface area (Å²) in [5.74, 6) is -1.06. The van der Waals surface area contributed by atoms with Crippen molar-refractivity contribution in [2.45, 2.75) is 19.8 Å². The molecule has 1 aromatic carbocycles. The molecular weight excluding hydrogens is 346 g/mol. The minimum atomic E-state index is -0.608. The molecule has 1 aromatic rings. The summed E-state index contributed by atoms with van der Waals surface area (Å²) in [7, 11) is 1.22. The van der Waals surface area contributed by atoms with Crippen molar-refractivity contribution in [1.29, 1.82) is 0 Å². The normalized spacial score (nSPS) is 10.0. The van der Waals surface area contributed by atoms with Crippen LogP contribution >= 0.6 is 15.9 Å². The van der Waals surface area contributed by atoms with Crippen LogP contribution in [0.15, 0.2) is 16.6 Å². The van der Waals surface area contributed by atoms with Crippen LogP contribution in [-0.4, -0.2) is 30.6 Å². The van der Waals surface area contributed by atoms with E-state index in [1.807, 2.05) is 0 Å². The number of hydrogen-bond acceptors (Lipinski definition) is 6. The maximum atomic E-state index is 11.5. The molecule has 8 heteroatoms. The Kier molecular flexibility index (Phi) is 6.29. The Morgan fingerprint density at radius 2 is 2.05 bits per heavy atom. The van der Waals surface area contributed by atoms with Gasteiger partial charge in [0.15, 0.2) is 0 Å².